The van der Waals surface area contributed by atoms with Crippen LogP contribution in [0.1, 0.15) is 0 Å². The van der Waals surface area contributed by atoms with E-state index in [-0.39, 0.29) is 0 Å². The maximum atomic E-state index is 6.48. The number of para-hydroxylation sites is 2. The Morgan fingerprint density at radius 2 is 0.758 bits per heavy atom. The summed E-state index contributed by atoms with van der Waals surface area (Å²) in [6.45, 7) is 0. The van der Waals surface area contributed by atoms with Crippen LogP contribution in [0.2, 0.25) is 0 Å². The van der Waals surface area contributed by atoms with Crippen molar-refractivity contribution in [2.45, 2.75) is 0 Å². The van der Waals surface area contributed by atoms with Crippen molar-refractivity contribution in [1.82, 2.24) is 0 Å². The molecule has 0 fully saturated rings. The first-order valence-electron chi connectivity index (χ1n) is 22.7. The van der Waals surface area contributed by atoms with Gasteiger partial charge in [0.05, 0.1) is 5.69 Å². The third kappa shape index (κ3) is 6.26. The van der Waals surface area contributed by atoms with Gasteiger partial charge in [-0.15, -0.1) is 0 Å². The predicted octanol–water partition coefficient (Wildman–Crippen LogP) is 18.3. The summed E-state index contributed by atoms with van der Waals surface area (Å²) in [5.41, 5.74) is 14.5. The number of rotatable bonds is 7. The Morgan fingerprint density at radius 1 is 0.273 bits per heavy atom. The molecule has 2 nitrogen and oxygen atoms in total. The lowest BCUT2D eigenvalue weighted by atomic mass is 9.89. The molecule has 0 radical (unpaired) electrons. The number of nitrogens with zero attached hydrogens (tertiary/aromatic N) is 1. The highest BCUT2D eigenvalue weighted by molar-refractivity contribution is 6.15. The molecule has 0 aliphatic rings. The Labute approximate surface area is 382 Å². The van der Waals surface area contributed by atoms with Gasteiger partial charge in [-0.3, -0.25) is 0 Å². The van der Waals surface area contributed by atoms with Crippen LogP contribution in [0.5, 0.6) is 0 Å². The van der Waals surface area contributed by atoms with Crippen molar-refractivity contribution in [1.29, 1.82) is 0 Å². The standard InChI is InChI=1S/C64H41NO/c1-4-17-51-42(13-1)16-11-23-52(51)44-27-29-45(30-28-44)55-40-35-43-14-2-6-19-54(43)63(55)47-33-38-50(39-34-47)65(61-41-48-15-3-5-18-53(48)57-20-7-8-21-58(57)61)49-36-31-46(32-37-49)56-24-12-25-60-59-22-9-10-26-62(59)66-64(56)60/h1-41H. The molecule has 1 aromatic heterocycles. The summed E-state index contributed by atoms with van der Waals surface area (Å²) >= 11 is 0. The summed E-state index contributed by atoms with van der Waals surface area (Å²) in [6, 6.07) is 90.3. The second kappa shape index (κ2) is 15.5. The van der Waals surface area contributed by atoms with E-state index in [4.69, 9.17) is 4.42 Å². The van der Waals surface area contributed by atoms with E-state index in [0.717, 1.165) is 50.1 Å². The zero-order valence-electron chi connectivity index (χ0n) is 36.0. The van der Waals surface area contributed by atoms with Crippen molar-refractivity contribution in [3.63, 3.8) is 0 Å². The summed E-state index contributed by atoms with van der Waals surface area (Å²) in [6.07, 6.45) is 0. The highest BCUT2D eigenvalue weighted by Crippen LogP contribution is 2.45. The molecule has 0 saturated carbocycles. The normalized spacial score (nSPS) is 11.6. The Morgan fingerprint density at radius 3 is 1.50 bits per heavy atom. The molecule has 13 rings (SSSR count). The van der Waals surface area contributed by atoms with Gasteiger partial charge in [-0.1, -0.05) is 212 Å². The Kier molecular flexibility index (Phi) is 8.89. The molecular formula is C64H41NO. The van der Waals surface area contributed by atoms with Crippen molar-refractivity contribution in [3.05, 3.63) is 249 Å². The summed E-state index contributed by atoms with van der Waals surface area (Å²) in [5, 5.41) is 12.1. The smallest absolute Gasteiger partial charge is 0.143 e. The number of benzene rings is 12. The molecule has 1 heterocycles. The van der Waals surface area contributed by atoms with E-state index in [2.05, 4.69) is 241 Å². The van der Waals surface area contributed by atoms with Gasteiger partial charge in [-0.05, 0) is 113 Å². The van der Waals surface area contributed by atoms with Gasteiger partial charge in [-0.25, -0.2) is 0 Å². The molecule has 0 N–H and O–H groups in total. The van der Waals surface area contributed by atoms with E-state index in [1.54, 1.807) is 0 Å². The fraction of sp³-hybridized carbons (Fsp3) is 0. The van der Waals surface area contributed by atoms with Gasteiger partial charge in [0.2, 0.25) is 0 Å². The van der Waals surface area contributed by atoms with Gasteiger partial charge in [0.15, 0.2) is 0 Å². The fourth-order valence-electron chi connectivity index (χ4n) is 10.3. The molecule has 0 aliphatic heterocycles. The molecule has 12 aromatic carbocycles. The van der Waals surface area contributed by atoms with E-state index in [1.165, 1.54) is 76.5 Å². The number of furan rings is 1. The van der Waals surface area contributed by atoms with E-state index >= 15 is 0 Å². The van der Waals surface area contributed by atoms with Crippen molar-refractivity contribution >= 4 is 82.1 Å². The third-order valence-corrected chi connectivity index (χ3v) is 13.5. The molecule has 66 heavy (non-hydrogen) atoms. The molecule has 0 aliphatic carbocycles. The maximum Gasteiger partial charge on any atom is 0.143 e. The van der Waals surface area contributed by atoms with Crippen LogP contribution in [0, 0.1) is 0 Å². The number of fused-ring (bicyclic) bond motifs is 8. The minimum Gasteiger partial charge on any atom is -0.455 e. The molecule has 0 saturated heterocycles. The fourth-order valence-corrected chi connectivity index (χ4v) is 10.3. The maximum absolute atomic E-state index is 6.48. The van der Waals surface area contributed by atoms with E-state index in [0.29, 0.717) is 0 Å². The topological polar surface area (TPSA) is 16.4 Å². The molecule has 0 unspecified atom stereocenters. The Hall–Kier alpha value is -8.72. The minimum atomic E-state index is 0.903. The first-order valence-corrected chi connectivity index (χ1v) is 22.7. The van der Waals surface area contributed by atoms with Crippen LogP contribution in [0.15, 0.2) is 253 Å². The van der Waals surface area contributed by atoms with E-state index < -0.39 is 0 Å². The summed E-state index contributed by atoms with van der Waals surface area (Å²) in [4.78, 5) is 2.42. The van der Waals surface area contributed by atoms with Gasteiger partial charge >= 0.3 is 0 Å². The van der Waals surface area contributed by atoms with Crippen molar-refractivity contribution in [2.75, 3.05) is 4.90 Å². The zero-order chi connectivity index (χ0) is 43.6. The molecular weight excluding hydrogens is 799 g/mol. The van der Waals surface area contributed by atoms with Crippen LogP contribution in [-0.2, 0) is 0 Å². The van der Waals surface area contributed by atoms with Crippen LogP contribution >= 0.6 is 0 Å². The van der Waals surface area contributed by atoms with Crippen LogP contribution in [0.25, 0.3) is 110 Å². The average molecular weight is 840 g/mol. The van der Waals surface area contributed by atoms with Gasteiger partial charge in [0, 0.05) is 33.1 Å². The lowest BCUT2D eigenvalue weighted by Crippen LogP contribution is -2.10. The predicted molar refractivity (Wildman–Crippen MR) is 280 cm³/mol. The molecule has 0 atom stereocenters. The Bertz CT molecular complexity index is 3970. The lowest BCUT2D eigenvalue weighted by molar-refractivity contribution is 0.670. The van der Waals surface area contributed by atoms with Crippen molar-refractivity contribution in [3.8, 4) is 44.5 Å². The molecule has 0 bridgehead atoms. The third-order valence-electron chi connectivity index (χ3n) is 13.5. The molecule has 0 spiro atoms. The highest BCUT2D eigenvalue weighted by atomic mass is 16.3. The van der Waals surface area contributed by atoms with Crippen molar-refractivity contribution < 1.29 is 4.42 Å². The SMILES string of the molecule is c1ccc2c(-c3ccc(-c4ccc5ccccc5c4-c4ccc(N(c5ccc(-c6cccc7c6oc6ccccc67)cc5)c5cc6ccccc6c6ccccc56)cc4)cc3)cccc2c1. The molecule has 2 heteroatoms. The highest BCUT2D eigenvalue weighted by Gasteiger charge is 2.20. The van der Waals surface area contributed by atoms with Gasteiger partial charge in [0.1, 0.15) is 11.2 Å². The first-order chi connectivity index (χ1) is 32.7. The molecule has 0 amide bonds. The average Bonchev–Trinajstić information content (AvgIpc) is 3.78. The quantitative estimate of drug-likeness (QED) is 0.149. The van der Waals surface area contributed by atoms with Gasteiger partial charge < -0.3 is 9.32 Å². The van der Waals surface area contributed by atoms with Crippen LogP contribution in [0.4, 0.5) is 17.1 Å². The zero-order valence-corrected chi connectivity index (χ0v) is 36.0. The largest absolute Gasteiger partial charge is 0.455 e. The van der Waals surface area contributed by atoms with Gasteiger partial charge in [-0.2, -0.15) is 0 Å². The summed E-state index contributed by atoms with van der Waals surface area (Å²) < 4.78 is 6.48. The van der Waals surface area contributed by atoms with E-state index in [1.807, 2.05) is 12.1 Å². The van der Waals surface area contributed by atoms with Crippen LogP contribution < -0.4 is 4.90 Å². The summed E-state index contributed by atoms with van der Waals surface area (Å²) in [7, 11) is 0. The molecule has 13 aromatic rings. The second-order valence-electron chi connectivity index (χ2n) is 17.2. The van der Waals surface area contributed by atoms with Crippen LogP contribution in [0.3, 0.4) is 0 Å². The molecule has 308 valence electrons. The van der Waals surface area contributed by atoms with Gasteiger partial charge in [0.25, 0.3) is 0 Å². The first kappa shape index (κ1) is 37.8. The number of anilines is 3. The number of hydrogen-bond donors (Lipinski definition) is 0. The number of hydrogen-bond acceptors (Lipinski definition) is 2. The lowest BCUT2D eigenvalue weighted by Gasteiger charge is -2.28. The Balaban J connectivity index is 0.944. The summed E-state index contributed by atoms with van der Waals surface area (Å²) in [5.74, 6) is 0. The monoisotopic (exact) mass is 839 g/mol. The van der Waals surface area contributed by atoms with E-state index in [9.17, 15) is 0 Å². The van der Waals surface area contributed by atoms with Crippen molar-refractivity contribution in [2.24, 2.45) is 0 Å². The second-order valence-corrected chi connectivity index (χ2v) is 17.2. The minimum absolute atomic E-state index is 0.903. The van der Waals surface area contributed by atoms with Crippen LogP contribution in [-0.4, -0.2) is 0 Å².